The zero-order valence-corrected chi connectivity index (χ0v) is 18.3. The van der Waals surface area contributed by atoms with Gasteiger partial charge in [-0.3, -0.25) is 14.5 Å². The van der Waals surface area contributed by atoms with Gasteiger partial charge >= 0.3 is 0 Å². The summed E-state index contributed by atoms with van der Waals surface area (Å²) in [5.41, 5.74) is 0.999. The minimum Gasteiger partial charge on any atom is -0.274 e. The molecule has 1 heterocycles. The first-order valence-corrected chi connectivity index (χ1v) is 10.9. The molecule has 25 heavy (non-hydrogen) atoms. The summed E-state index contributed by atoms with van der Waals surface area (Å²) >= 11 is 6.85. The third-order valence-corrected chi connectivity index (χ3v) is 6.22. The Balaban J connectivity index is 2.11. The van der Waals surface area contributed by atoms with Crippen LogP contribution in [0.3, 0.4) is 0 Å². The van der Waals surface area contributed by atoms with Gasteiger partial charge < -0.3 is 0 Å². The van der Waals surface area contributed by atoms with Gasteiger partial charge in [0.1, 0.15) is 0 Å². The van der Waals surface area contributed by atoms with E-state index in [1.54, 1.807) is 0 Å². The summed E-state index contributed by atoms with van der Waals surface area (Å²) < 4.78 is 1.39. The van der Waals surface area contributed by atoms with Crippen molar-refractivity contribution in [2.24, 2.45) is 5.92 Å². The highest BCUT2D eigenvalue weighted by atomic mass is 79.9. The van der Waals surface area contributed by atoms with E-state index in [0.29, 0.717) is 32.5 Å². The average molecular weight is 473 g/mol. The molecule has 0 saturated carbocycles. The smallest absolute Gasteiger partial charge is 0.262 e. The lowest BCUT2D eigenvalue weighted by molar-refractivity contribution is 0.0621. The van der Waals surface area contributed by atoms with Crippen molar-refractivity contribution in [2.75, 3.05) is 6.54 Å². The van der Waals surface area contributed by atoms with Gasteiger partial charge in [-0.05, 0) is 62.8 Å². The van der Waals surface area contributed by atoms with E-state index in [-0.39, 0.29) is 11.8 Å². The average Bonchev–Trinajstić information content (AvgIpc) is 2.85. The molecule has 0 fully saturated rings. The van der Waals surface area contributed by atoms with Crippen LogP contribution in [0.2, 0.25) is 0 Å². The number of unbranched alkanes of at least 4 members (excludes halogenated alkanes) is 4. The van der Waals surface area contributed by atoms with E-state index in [0.717, 1.165) is 25.7 Å². The highest BCUT2D eigenvalue weighted by Gasteiger charge is 2.39. The number of fused-ring (bicyclic) bond motifs is 1. The van der Waals surface area contributed by atoms with Crippen molar-refractivity contribution in [1.29, 1.82) is 0 Å². The van der Waals surface area contributed by atoms with Gasteiger partial charge in [-0.1, -0.05) is 52.4 Å². The predicted octanol–water partition coefficient (Wildman–Crippen LogP) is 6.58. The molecular formula is C20H27Br2NO2. The number of hydrogen-bond acceptors (Lipinski definition) is 2. The third-order valence-electron chi connectivity index (χ3n) is 4.89. The van der Waals surface area contributed by atoms with Crippen LogP contribution in [0.4, 0.5) is 0 Å². The molecule has 1 aromatic rings. The van der Waals surface area contributed by atoms with Gasteiger partial charge in [-0.15, -0.1) is 0 Å². The quantitative estimate of drug-likeness (QED) is 0.284. The number of halogens is 2. The number of imide groups is 1. The molecule has 1 atom stereocenters. The minimum absolute atomic E-state index is 0.164. The second-order valence-corrected chi connectivity index (χ2v) is 8.57. The van der Waals surface area contributed by atoms with E-state index in [1.165, 1.54) is 30.6 Å². The zero-order chi connectivity index (χ0) is 18.4. The lowest BCUT2D eigenvalue weighted by atomic mass is 9.94. The highest BCUT2D eigenvalue weighted by molar-refractivity contribution is 9.11. The molecule has 0 aliphatic carbocycles. The molecule has 0 spiro atoms. The molecular weight excluding hydrogens is 446 g/mol. The molecule has 1 unspecified atom stereocenters. The molecule has 0 saturated heterocycles. The van der Waals surface area contributed by atoms with E-state index >= 15 is 0 Å². The Morgan fingerprint density at radius 2 is 1.36 bits per heavy atom. The molecule has 2 amide bonds. The van der Waals surface area contributed by atoms with Gasteiger partial charge in [0.05, 0.1) is 11.1 Å². The lowest BCUT2D eigenvalue weighted by Gasteiger charge is -2.22. The fraction of sp³-hybridized carbons (Fsp3) is 0.600. The van der Waals surface area contributed by atoms with E-state index in [1.807, 2.05) is 12.1 Å². The van der Waals surface area contributed by atoms with Crippen LogP contribution in [0.25, 0.3) is 0 Å². The fourth-order valence-electron chi connectivity index (χ4n) is 3.44. The second kappa shape index (κ2) is 9.86. The lowest BCUT2D eigenvalue weighted by Crippen LogP contribution is -2.34. The van der Waals surface area contributed by atoms with Crippen molar-refractivity contribution in [3.63, 3.8) is 0 Å². The maximum absolute atomic E-state index is 12.8. The van der Waals surface area contributed by atoms with Crippen LogP contribution in [0.15, 0.2) is 21.1 Å². The first kappa shape index (κ1) is 20.6. The van der Waals surface area contributed by atoms with Crippen molar-refractivity contribution >= 4 is 43.7 Å². The van der Waals surface area contributed by atoms with E-state index in [9.17, 15) is 9.59 Å². The van der Waals surface area contributed by atoms with Crippen LogP contribution < -0.4 is 0 Å². The van der Waals surface area contributed by atoms with Gasteiger partial charge in [-0.25, -0.2) is 0 Å². The molecule has 1 aromatic carbocycles. The number of benzene rings is 1. The Labute approximate surface area is 167 Å². The van der Waals surface area contributed by atoms with E-state index in [2.05, 4.69) is 45.7 Å². The van der Waals surface area contributed by atoms with Crippen LogP contribution in [-0.4, -0.2) is 23.3 Å². The molecule has 1 aliphatic heterocycles. The Kier molecular flexibility index (Phi) is 8.14. The molecule has 2 rings (SSSR count). The van der Waals surface area contributed by atoms with Crippen LogP contribution in [0.5, 0.6) is 0 Å². The van der Waals surface area contributed by atoms with Gasteiger partial charge in [0.2, 0.25) is 0 Å². The molecule has 0 bridgehead atoms. The molecule has 138 valence electrons. The van der Waals surface area contributed by atoms with Gasteiger partial charge in [0.25, 0.3) is 11.8 Å². The Bertz CT molecular complexity index is 589. The van der Waals surface area contributed by atoms with Gasteiger partial charge in [-0.2, -0.15) is 0 Å². The summed E-state index contributed by atoms with van der Waals surface area (Å²) in [6, 6.07) is 3.63. The first-order valence-electron chi connectivity index (χ1n) is 9.35. The summed E-state index contributed by atoms with van der Waals surface area (Å²) in [5.74, 6) is 0.0723. The van der Waals surface area contributed by atoms with Crippen LogP contribution in [-0.2, 0) is 0 Å². The van der Waals surface area contributed by atoms with Crippen LogP contribution in [0.1, 0.15) is 85.9 Å². The number of rotatable bonds is 10. The minimum atomic E-state index is -0.164. The van der Waals surface area contributed by atoms with Crippen molar-refractivity contribution in [3.05, 3.63) is 32.2 Å². The SMILES string of the molecule is CCCCCCC(CCCC)CN1C(=O)c2c(Br)ccc(Br)c2C1=O. The number of nitrogens with zero attached hydrogens (tertiary/aromatic N) is 1. The van der Waals surface area contributed by atoms with Gasteiger partial charge in [0, 0.05) is 15.5 Å². The maximum atomic E-state index is 12.8. The van der Waals surface area contributed by atoms with Crippen molar-refractivity contribution in [1.82, 2.24) is 4.90 Å². The number of carbonyl (C=O) groups is 2. The fourth-order valence-corrected chi connectivity index (χ4v) is 4.44. The summed E-state index contributed by atoms with van der Waals surface area (Å²) in [4.78, 5) is 27.1. The normalized spacial score (nSPS) is 15.0. The standard InChI is InChI=1S/C20H27Br2NO2/c1-3-5-7-8-10-14(9-6-4-2)13-23-19(24)17-15(21)11-12-16(22)18(17)20(23)25/h11-12,14H,3-10,13H2,1-2H3. The largest absolute Gasteiger partial charge is 0.274 e. The first-order chi connectivity index (χ1) is 12.0. The molecule has 0 N–H and O–H groups in total. The van der Waals surface area contributed by atoms with Crippen LogP contribution >= 0.6 is 31.9 Å². The predicted molar refractivity (Wildman–Crippen MR) is 109 cm³/mol. The summed E-state index contributed by atoms with van der Waals surface area (Å²) in [6.45, 7) is 4.94. The third kappa shape index (κ3) is 4.94. The van der Waals surface area contributed by atoms with Crippen molar-refractivity contribution in [2.45, 2.75) is 65.2 Å². The molecule has 3 nitrogen and oxygen atoms in total. The Hall–Kier alpha value is -0.680. The molecule has 0 aromatic heterocycles. The van der Waals surface area contributed by atoms with E-state index < -0.39 is 0 Å². The summed E-state index contributed by atoms with van der Waals surface area (Å²) in [7, 11) is 0. The number of amides is 2. The Morgan fingerprint density at radius 1 is 0.840 bits per heavy atom. The zero-order valence-electron chi connectivity index (χ0n) is 15.1. The second-order valence-electron chi connectivity index (χ2n) is 6.86. The topological polar surface area (TPSA) is 37.4 Å². The van der Waals surface area contributed by atoms with E-state index in [4.69, 9.17) is 0 Å². The van der Waals surface area contributed by atoms with Crippen LogP contribution in [0, 0.1) is 5.92 Å². The highest BCUT2D eigenvalue weighted by Crippen LogP contribution is 2.35. The molecule has 1 aliphatic rings. The molecule has 5 heteroatoms. The Morgan fingerprint density at radius 3 is 1.88 bits per heavy atom. The summed E-state index contributed by atoms with van der Waals surface area (Å²) in [6.07, 6.45) is 9.36. The van der Waals surface area contributed by atoms with Crippen molar-refractivity contribution < 1.29 is 9.59 Å². The maximum Gasteiger partial charge on any atom is 0.262 e. The number of hydrogen-bond donors (Lipinski definition) is 0. The molecule has 0 radical (unpaired) electrons. The number of carbonyl (C=O) groups excluding carboxylic acids is 2. The summed E-state index contributed by atoms with van der Waals surface area (Å²) in [5, 5.41) is 0. The monoisotopic (exact) mass is 471 g/mol. The van der Waals surface area contributed by atoms with Crippen molar-refractivity contribution in [3.8, 4) is 0 Å². The van der Waals surface area contributed by atoms with Gasteiger partial charge in [0.15, 0.2) is 0 Å².